The number of fused-ring (bicyclic) bond motifs is 2. The summed E-state index contributed by atoms with van der Waals surface area (Å²) in [5, 5.41) is 11.9. The molecule has 4 heterocycles. The zero-order valence-corrected chi connectivity index (χ0v) is 19.7. The molecule has 1 atom stereocenters. The second kappa shape index (κ2) is 8.31. The van der Waals surface area contributed by atoms with Gasteiger partial charge in [0.05, 0.1) is 16.5 Å². The molecule has 170 valence electrons. The van der Waals surface area contributed by atoms with Crippen LogP contribution in [-0.2, 0) is 6.42 Å². The number of pyridine rings is 1. The van der Waals surface area contributed by atoms with E-state index < -0.39 is 5.97 Å². The minimum absolute atomic E-state index is 0.141. The number of aryl methyl sites for hydroxylation is 3. The predicted octanol–water partition coefficient (Wildman–Crippen LogP) is 4.07. The summed E-state index contributed by atoms with van der Waals surface area (Å²) in [6, 6.07) is 7.38. The quantitative estimate of drug-likeness (QED) is 0.380. The standard InChI is InChI=1S/C24H26N6O2S/c1-4-18-13(3)20-21(27-18)28-24(29-22(20)30-8-7-14(25)11-30)33-15-5-6-19-16(10-15)17(23(31)32)9-12(2)26-19/h5-6,9-10,14H,4,7-8,11,25H2,1-3H3,(H,31,32)(H,27,28,29). The maximum absolute atomic E-state index is 11.8. The Morgan fingerprint density at radius 1 is 1.27 bits per heavy atom. The van der Waals surface area contributed by atoms with E-state index in [2.05, 4.69) is 28.7 Å². The molecule has 0 spiro atoms. The van der Waals surface area contributed by atoms with Crippen LogP contribution in [0.5, 0.6) is 0 Å². The summed E-state index contributed by atoms with van der Waals surface area (Å²) in [5.41, 5.74) is 10.9. The molecule has 0 amide bonds. The van der Waals surface area contributed by atoms with Gasteiger partial charge in [-0.15, -0.1) is 0 Å². The number of nitrogens with zero attached hydrogens (tertiary/aromatic N) is 4. The summed E-state index contributed by atoms with van der Waals surface area (Å²) >= 11 is 1.42. The van der Waals surface area contributed by atoms with E-state index in [1.807, 2.05) is 18.2 Å². The lowest BCUT2D eigenvalue weighted by Gasteiger charge is -2.19. The highest BCUT2D eigenvalue weighted by Crippen LogP contribution is 2.36. The lowest BCUT2D eigenvalue weighted by Crippen LogP contribution is -2.27. The van der Waals surface area contributed by atoms with Crippen molar-refractivity contribution < 1.29 is 9.90 Å². The minimum atomic E-state index is -0.966. The normalized spacial score (nSPS) is 16.2. The van der Waals surface area contributed by atoms with Gasteiger partial charge in [-0.2, -0.15) is 0 Å². The van der Waals surface area contributed by atoms with Crippen molar-refractivity contribution in [1.82, 2.24) is 19.9 Å². The predicted molar refractivity (Wildman–Crippen MR) is 130 cm³/mol. The van der Waals surface area contributed by atoms with Gasteiger partial charge in [0, 0.05) is 40.8 Å². The van der Waals surface area contributed by atoms with Crippen molar-refractivity contribution in [1.29, 1.82) is 0 Å². The fourth-order valence-electron chi connectivity index (χ4n) is 4.54. The number of carboxylic acids is 1. The van der Waals surface area contributed by atoms with Gasteiger partial charge in [-0.05, 0) is 68.3 Å². The second-order valence-corrected chi connectivity index (χ2v) is 9.57. The molecule has 1 saturated heterocycles. The number of benzene rings is 1. The first-order valence-corrected chi connectivity index (χ1v) is 11.9. The second-order valence-electron chi connectivity index (χ2n) is 8.53. The van der Waals surface area contributed by atoms with Gasteiger partial charge < -0.3 is 20.7 Å². The maximum atomic E-state index is 11.8. The summed E-state index contributed by atoms with van der Waals surface area (Å²) in [7, 11) is 0. The molecular weight excluding hydrogens is 436 g/mol. The van der Waals surface area contributed by atoms with E-state index in [0.29, 0.717) is 21.8 Å². The number of aromatic nitrogens is 4. The van der Waals surface area contributed by atoms with Gasteiger partial charge >= 0.3 is 5.97 Å². The van der Waals surface area contributed by atoms with Crippen molar-refractivity contribution >= 4 is 45.5 Å². The lowest BCUT2D eigenvalue weighted by atomic mass is 10.1. The van der Waals surface area contributed by atoms with Gasteiger partial charge in [-0.25, -0.2) is 14.8 Å². The third kappa shape index (κ3) is 3.91. The molecular formula is C24H26N6O2S. The minimum Gasteiger partial charge on any atom is -0.478 e. The number of H-pyrrole nitrogens is 1. The van der Waals surface area contributed by atoms with E-state index in [-0.39, 0.29) is 11.6 Å². The summed E-state index contributed by atoms with van der Waals surface area (Å²) in [6.07, 6.45) is 1.83. The number of aromatic amines is 1. The van der Waals surface area contributed by atoms with Crippen LogP contribution < -0.4 is 10.6 Å². The van der Waals surface area contributed by atoms with Gasteiger partial charge in [0.15, 0.2) is 5.16 Å². The molecule has 9 heteroatoms. The fraction of sp³-hybridized carbons (Fsp3) is 0.333. The van der Waals surface area contributed by atoms with Crippen LogP contribution >= 0.6 is 11.8 Å². The largest absolute Gasteiger partial charge is 0.478 e. The van der Waals surface area contributed by atoms with Gasteiger partial charge in [-0.3, -0.25) is 4.98 Å². The summed E-state index contributed by atoms with van der Waals surface area (Å²) in [6.45, 7) is 7.67. The molecule has 4 aromatic rings. The van der Waals surface area contributed by atoms with Crippen LogP contribution in [0.2, 0.25) is 0 Å². The number of rotatable bonds is 5. The Bertz CT molecular complexity index is 1400. The van der Waals surface area contributed by atoms with Crippen LogP contribution in [0.1, 0.15) is 40.7 Å². The molecule has 1 aliphatic heterocycles. The Morgan fingerprint density at radius 3 is 2.79 bits per heavy atom. The Morgan fingerprint density at radius 2 is 2.09 bits per heavy atom. The van der Waals surface area contributed by atoms with E-state index >= 15 is 0 Å². The Kier molecular flexibility index (Phi) is 5.46. The average Bonchev–Trinajstić information content (AvgIpc) is 3.35. The molecule has 1 unspecified atom stereocenters. The van der Waals surface area contributed by atoms with E-state index in [0.717, 1.165) is 53.4 Å². The molecule has 0 aliphatic carbocycles. The van der Waals surface area contributed by atoms with E-state index in [1.165, 1.54) is 17.3 Å². The molecule has 1 aromatic carbocycles. The summed E-state index contributed by atoms with van der Waals surface area (Å²) in [5.74, 6) is -0.0554. The van der Waals surface area contributed by atoms with Crippen LogP contribution in [0, 0.1) is 13.8 Å². The molecule has 33 heavy (non-hydrogen) atoms. The SMILES string of the molecule is CCc1[nH]c2nc(Sc3ccc4nc(C)cc(C(=O)O)c4c3)nc(N3CCC(N)C3)c2c1C. The van der Waals surface area contributed by atoms with Crippen LogP contribution in [0.4, 0.5) is 5.82 Å². The zero-order chi connectivity index (χ0) is 23.3. The number of carboxylic acid groups (broad SMARTS) is 1. The lowest BCUT2D eigenvalue weighted by molar-refractivity contribution is 0.0699. The van der Waals surface area contributed by atoms with Crippen LogP contribution in [0.25, 0.3) is 21.9 Å². The zero-order valence-electron chi connectivity index (χ0n) is 18.8. The maximum Gasteiger partial charge on any atom is 0.336 e. The topological polar surface area (TPSA) is 121 Å². The number of aromatic carboxylic acids is 1. The molecule has 1 fully saturated rings. The number of nitrogens with two attached hydrogens (primary N) is 1. The highest BCUT2D eigenvalue weighted by molar-refractivity contribution is 7.99. The van der Waals surface area contributed by atoms with Crippen molar-refractivity contribution in [2.24, 2.45) is 5.73 Å². The molecule has 0 radical (unpaired) electrons. The van der Waals surface area contributed by atoms with Crippen LogP contribution in [-0.4, -0.2) is 50.1 Å². The first-order chi connectivity index (χ1) is 15.8. The van der Waals surface area contributed by atoms with E-state index in [4.69, 9.17) is 15.7 Å². The average molecular weight is 463 g/mol. The Labute approximate surface area is 195 Å². The third-order valence-electron chi connectivity index (χ3n) is 6.19. The van der Waals surface area contributed by atoms with E-state index in [9.17, 15) is 9.90 Å². The molecule has 5 rings (SSSR count). The molecule has 1 aliphatic rings. The van der Waals surface area contributed by atoms with Crippen LogP contribution in [0.15, 0.2) is 34.3 Å². The smallest absolute Gasteiger partial charge is 0.336 e. The molecule has 8 nitrogen and oxygen atoms in total. The van der Waals surface area contributed by atoms with Crippen LogP contribution in [0.3, 0.4) is 0 Å². The third-order valence-corrected chi connectivity index (χ3v) is 7.05. The van der Waals surface area contributed by atoms with Crippen molar-refractivity contribution in [2.75, 3.05) is 18.0 Å². The number of hydrogen-bond donors (Lipinski definition) is 3. The van der Waals surface area contributed by atoms with Crippen molar-refractivity contribution in [2.45, 2.75) is 49.7 Å². The monoisotopic (exact) mass is 462 g/mol. The fourth-order valence-corrected chi connectivity index (χ4v) is 5.34. The Hall–Kier alpha value is -3.17. The summed E-state index contributed by atoms with van der Waals surface area (Å²) < 4.78 is 0. The van der Waals surface area contributed by atoms with Gasteiger partial charge in [0.2, 0.25) is 0 Å². The highest BCUT2D eigenvalue weighted by Gasteiger charge is 2.25. The van der Waals surface area contributed by atoms with Crippen molar-refractivity contribution in [3.05, 3.63) is 46.8 Å². The molecule has 0 saturated carbocycles. The molecule has 3 aromatic heterocycles. The van der Waals surface area contributed by atoms with Crippen molar-refractivity contribution in [3.63, 3.8) is 0 Å². The van der Waals surface area contributed by atoms with Gasteiger partial charge in [-0.1, -0.05) is 6.92 Å². The highest BCUT2D eigenvalue weighted by atomic mass is 32.2. The van der Waals surface area contributed by atoms with Crippen molar-refractivity contribution in [3.8, 4) is 0 Å². The number of anilines is 1. The van der Waals surface area contributed by atoms with E-state index in [1.54, 1.807) is 13.0 Å². The number of hydrogen-bond acceptors (Lipinski definition) is 7. The molecule has 4 N–H and O–H groups in total. The summed E-state index contributed by atoms with van der Waals surface area (Å²) in [4.78, 5) is 32.6. The number of carbonyl (C=O) groups is 1. The first kappa shape index (κ1) is 21.7. The molecule has 0 bridgehead atoms. The Balaban J connectivity index is 1.60. The van der Waals surface area contributed by atoms with Gasteiger partial charge in [0.1, 0.15) is 11.5 Å². The van der Waals surface area contributed by atoms with Gasteiger partial charge in [0.25, 0.3) is 0 Å². The number of nitrogens with one attached hydrogen (secondary N) is 1. The first-order valence-electron chi connectivity index (χ1n) is 11.1.